The molecule has 10 heteroatoms. The number of hydrogen-bond acceptors (Lipinski definition) is 6. The Labute approximate surface area is 197 Å². The second kappa shape index (κ2) is 9.79. The molecule has 3 atom stereocenters. The number of urea groups is 1. The standard InChI is InChI=1S/C22H27Cl2N5O3/c1-12(13-2-3-17(23)18(24)8-13)20-16-4-6-29(21(25)31)10-19(16)27-22(28-20)26-14-5-7-32-15(9-14)11-30/h2-3,8,12,14-15,30H,4-7,9-11H2,1H3,(H2,25,31)(H,26,27,28)/t12-,14-,15+/m1/s1. The molecular weight excluding hydrogens is 453 g/mol. The highest BCUT2D eigenvalue weighted by Crippen LogP contribution is 2.34. The van der Waals surface area contributed by atoms with Crippen molar-refractivity contribution in [3.8, 4) is 0 Å². The maximum Gasteiger partial charge on any atom is 0.315 e. The van der Waals surface area contributed by atoms with Crippen LogP contribution in [-0.4, -0.2) is 57.9 Å². The normalized spacial score (nSPS) is 21.7. The Kier molecular flexibility index (Phi) is 7.05. The highest BCUT2D eigenvalue weighted by molar-refractivity contribution is 6.42. The van der Waals surface area contributed by atoms with E-state index < -0.39 is 6.03 Å². The van der Waals surface area contributed by atoms with Crippen molar-refractivity contribution in [2.75, 3.05) is 25.1 Å². The number of aliphatic hydroxyl groups is 1. The molecule has 0 radical (unpaired) electrons. The molecular formula is C22H27Cl2N5O3. The summed E-state index contributed by atoms with van der Waals surface area (Å²) >= 11 is 12.4. The summed E-state index contributed by atoms with van der Waals surface area (Å²) in [7, 11) is 0. The van der Waals surface area contributed by atoms with E-state index >= 15 is 0 Å². The number of primary amides is 1. The van der Waals surface area contributed by atoms with Crippen molar-refractivity contribution >= 4 is 35.2 Å². The van der Waals surface area contributed by atoms with E-state index in [9.17, 15) is 9.90 Å². The van der Waals surface area contributed by atoms with Gasteiger partial charge in [-0.2, -0.15) is 0 Å². The van der Waals surface area contributed by atoms with Gasteiger partial charge in [0.15, 0.2) is 0 Å². The van der Waals surface area contributed by atoms with E-state index in [1.54, 1.807) is 11.0 Å². The van der Waals surface area contributed by atoms with Gasteiger partial charge in [0.25, 0.3) is 0 Å². The van der Waals surface area contributed by atoms with E-state index in [1.165, 1.54) is 0 Å². The molecule has 0 saturated carbocycles. The SMILES string of the molecule is C[C@H](c1ccc(Cl)c(Cl)c1)c1nc(N[C@@H]2CCO[C@H](CO)C2)nc2c1CCN(C(N)=O)C2. The second-order valence-corrected chi connectivity index (χ2v) is 9.12. The van der Waals surface area contributed by atoms with Crippen molar-refractivity contribution in [2.24, 2.45) is 5.73 Å². The van der Waals surface area contributed by atoms with Crippen LogP contribution in [0, 0.1) is 0 Å². The number of aliphatic hydroxyl groups excluding tert-OH is 1. The van der Waals surface area contributed by atoms with Crippen LogP contribution < -0.4 is 11.1 Å². The fourth-order valence-electron chi connectivity index (χ4n) is 4.33. The van der Waals surface area contributed by atoms with Gasteiger partial charge in [0.05, 0.1) is 40.7 Å². The Morgan fingerprint density at radius 1 is 1.38 bits per heavy atom. The summed E-state index contributed by atoms with van der Waals surface area (Å²) in [6, 6.07) is 5.22. The summed E-state index contributed by atoms with van der Waals surface area (Å²) < 4.78 is 5.55. The van der Waals surface area contributed by atoms with Crippen molar-refractivity contribution in [1.29, 1.82) is 0 Å². The number of aromatic nitrogens is 2. The summed E-state index contributed by atoms with van der Waals surface area (Å²) in [6.07, 6.45) is 1.90. The van der Waals surface area contributed by atoms with Crippen molar-refractivity contribution in [1.82, 2.24) is 14.9 Å². The zero-order chi connectivity index (χ0) is 22.8. The Morgan fingerprint density at radius 2 is 2.19 bits per heavy atom. The number of ether oxygens (including phenoxy) is 1. The maximum atomic E-state index is 11.8. The number of carbonyl (C=O) groups excluding carboxylic acids is 1. The summed E-state index contributed by atoms with van der Waals surface area (Å²) in [5, 5.41) is 13.9. The van der Waals surface area contributed by atoms with Gasteiger partial charge in [-0.25, -0.2) is 14.8 Å². The first-order valence-electron chi connectivity index (χ1n) is 10.7. The van der Waals surface area contributed by atoms with Crippen molar-refractivity contribution in [3.05, 3.63) is 50.8 Å². The van der Waals surface area contributed by atoms with E-state index in [-0.39, 0.29) is 24.7 Å². The number of anilines is 1. The first-order valence-corrected chi connectivity index (χ1v) is 11.5. The van der Waals surface area contributed by atoms with E-state index in [2.05, 4.69) is 12.2 Å². The lowest BCUT2D eigenvalue weighted by Gasteiger charge is -2.31. The van der Waals surface area contributed by atoms with Crippen LogP contribution >= 0.6 is 23.2 Å². The Hall–Kier alpha value is -2.13. The molecule has 0 unspecified atom stereocenters. The van der Waals surface area contributed by atoms with Gasteiger partial charge in [0, 0.05) is 25.1 Å². The average Bonchev–Trinajstić information content (AvgIpc) is 2.79. The minimum absolute atomic E-state index is 0.0175. The number of nitrogens with zero attached hydrogens (tertiary/aromatic N) is 3. The second-order valence-electron chi connectivity index (χ2n) is 8.30. The Bertz CT molecular complexity index is 1010. The summed E-state index contributed by atoms with van der Waals surface area (Å²) in [6.45, 7) is 3.49. The number of fused-ring (bicyclic) bond motifs is 1. The molecule has 0 bridgehead atoms. The van der Waals surface area contributed by atoms with E-state index in [1.807, 2.05) is 12.1 Å². The third-order valence-corrected chi connectivity index (χ3v) is 6.91. The third kappa shape index (κ3) is 4.93. The first kappa shape index (κ1) is 23.0. The Balaban J connectivity index is 1.69. The zero-order valence-electron chi connectivity index (χ0n) is 17.9. The minimum atomic E-state index is -0.460. The predicted molar refractivity (Wildman–Crippen MR) is 123 cm³/mol. The first-order chi connectivity index (χ1) is 15.4. The lowest BCUT2D eigenvalue weighted by molar-refractivity contribution is -0.0213. The van der Waals surface area contributed by atoms with Gasteiger partial charge in [-0.15, -0.1) is 0 Å². The van der Waals surface area contributed by atoms with Crippen LogP contribution in [0.5, 0.6) is 0 Å². The van der Waals surface area contributed by atoms with Crippen molar-refractivity contribution < 1.29 is 14.6 Å². The highest BCUT2D eigenvalue weighted by Gasteiger charge is 2.28. The van der Waals surface area contributed by atoms with Gasteiger partial charge in [-0.05, 0) is 42.5 Å². The number of rotatable bonds is 5. The van der Waals surface area contributed by atoms with E-state index in [0.717, 1.165) is 28.9 Å². The number of carbonyl (C=O) groups is 1. The van der Waals surface area contributed by atoms with Crippen LogP contribution in [0.15, 0.2) is 18.2 Å². The molecule has 32 heavy (non-hydrogen) atoms. The lowest BCUT2D eigenvalue weighted by Crippen LogP contribution is -2.41. The number of benzene rings is 1. The van der Waals surface area contributed by atoms with Crippen LogP contribution in [0.2, 0.25) is 10.0 Å². The van der Waals surface area contributed by atoms with Crippen LogP contribution in [0.3, 0.4) is 0 Å². The molecule has 1 aromatic heterocycles. The minimum Gasteiger partial charge on any atom is -0.394 e. The lowest BCUT2D eigenvalue weighted by atomic mass is 9.91. The van der Waals surface area contributed by atoms with Gasteiger partial charge in [0.1, 0.15) is 0 Å². The topological polar surface area (TPSA) is 114 Å². The fraction of sp³-hybridized carbons (Fsp3) is 0.500. The van der Waals surface area contributed by atoms with E-state index in [0.29, 0.717) is 48.5 Å². The van der Waals surface area contributed by atoms with Crippen molar-refractivity contribution in [2.45, 2.75) is 50.8 Å². The quantitative estimate of drug-likeness (QED) is 0.605. The number of amides is 2. The summed E-state index contributed by atoms with van der Waals surface area (Å²) in [5.41, 5.74) is 9.24. The summed E-state index contributed by atoms with van der Waals surface area (Å²) in [4.78, 5) is 23.0. The number of nitrogens with two attached hydrogens (primary N) is 1. The molecule has 0 spiro atoms. The molecule has 2 aromatic rings. The smallest absolute Gasteiger partial charge is 0.315 e. The monoisotopic (exact) mass is 479 g/mol. The molecule has 4 rings (SSSR count). The number of halogens is 2. The number of hydrogen-bond donors (Lipinski definition) is 3. The van der Waals surface area contributed by atoms with Crippen molar-refractivity contribution in [3.63, 3.8) is 0 Å². The number of nitrogens with one attached hydrogen (secondary N) is 1. The molecule has 2 aliphatic rings. The molecule has 4 N–H and O–H groups in total. The van der Waals surface area contributed by atoms with Gasteiger partial charge in [-0.3, -0.25) is 0 Å². The van der Waals surface area contributed by atoms with Crippen LogP contribution in [0.1, 0.15) is 48.2 Å². The zero-order valence-corrected chi connectivity index (χ0v) is 19.4. The Morgan fingerprint density at radius 3 is 2.91 bits per heavy atom. The molecule has 2 amide bonds. The molecule has 0 aliphatic carbocycles. The van der Waals surface area contributed by atoms with Crippen LogP contribution in [0.4, 0.5) is 10.7 Å². The third-order valence-electron chi connectivity index (χ3n) is 6.17. The maximum absolute atomic E-state index is 11.8. The predicted octanol–water partition coefficient (Wildman–Crippen LogP) is 3.32. The fourth-order valence-corrected chi connectivity index (χ4v) is 4.64. The molecule has 2 aliphatic heterocycles. The van der Waals surface area contributed by atoms with Gasteiger partial charge in [-0.1, -0.05) is 36.2 Å². The van der Waals surface area contributed by atoms with Crippen LogP contribution in [0.25, 0.3) is 0 Å². The van der Waals surface area contributed by atoms with E-state index in [4.69, 9.17) is 43.6 Å². The summed E-state index contributed by atoms with van der Waals surface area (Å²) in [5.74, 6) is 0.447. The van der Waals surface area contributed by atoms with Gasteiger partial charge < -0.3 is 25.8 Å². The average molecular weight is 480 g/mol. The molecule has 3 heterocycles. The molecule has 1 saturated heterocycles. The van der Waals surface area contributed by atoms with Gasteiger partial charge >= 0.3 is 6.03 Å². The van der Waals surface area contributed by atoms with Gasteiger partial charge in [0.2, 0.25) is 5.95 Å². The molecule has 1 fully saturated rings. The molecule has 8 nitrogen and oxygen atoms in total. The van der Waals surface area contributed by atoms with Crippen LogP contribution in [-0.2, 0) is 17.7 Å². The molecule has 172 valence electrons. The molecule has 1 aromatic carbocycles. The highest BCUT2D eigenvalue weighted by atomic mass is 35.5. The largest absolute Gasteiger partial charge is 0.394 e.